The van der Waals surface area contributed by atoms with E-state index in [1.807, 2.05) is 6.92 Å². The zero-order valence-electron chi connectivity index (χ0n) is 6.67. The SMILES string of the molecule is COc1nc(C)sc1C(C)=O. The standard InChI is InChI=1S/C7H9NO2S/c1-4(9)6-7(10-3)8-5(2)11-6/h1-3H3. The first-order valence-electron chi connectivity index (χ1n) is 3.17. The molecule has 0 aromatic carbocycles. The Hall–Kier alpha value is -0.900. The molecule has 0 aliphatic carbocycles. The van der Waals surface area contributed by atoms with E-state index in [2.05, 4.69) is 4.98 Å². The van der Waals surface area contributed by atoms with Gasteiger partial charge in [0, 0.05) is 6.92 Å². The highest BCUT2D eigenvalue weighted by molar-refractivity contribution is 7.13. The van der Waals surface area contributed by atoms with Crippen LogP contribution in [0.15, 0.2) is 0 Å². The Bertz CT molecular complexity index is 280. The first-order valence-corrected chi connectivity index (χ1v) is 3.99. The van der Waals surface area contributed by atoms with E-state index in [-0.39, 0.29) is 5.78 Å². The molecule has 1 aromatic heterocycles. The van der Waals surface area contributed by atoms with Crippen LogP contribution in [0.25, 0.3) is 0 Å². The van der Waals surface area contributed by atoms with E-state index < -0.39 is 0 Å². The number of ether oxygens (including phenoxy) is 1. The fraction of sp³-hybridized carbons (Fsp3) is 0.429. The number of rotatable bonds is 2. The summed E-state index contributed by atoms with van der Waals surface area (Å²) in [7, 11) is 1.51. The molecule has 0 saturated carbocycles. The van der Waals surface area contributed by atoms with Gasteiger partial charge in [0.2, 0.25) is 5.88 Å². The molecule has 0 fully saturated rings. The highest BCUT2D eigenvalue weighted by Gasteiger charge is 2.12. The Balaban J connectivity index is 3.12. The van der Waals surface area contributed by atoms with Crippen LogP contribution in [0.3, 0.4) is 0 Å². The predicted molar refractivity (Wildman–Crippen MR) is 43.4 cm³/mol. The topological polar surface area (TPSA) is 39.2 Å². The lowest BCUT2D eigenvalue weighted by molar-refractivity contribution is 0.101. The molecule has 0 N–H and O–H groups in total. The average molecular weight is 171 g/mol. The first-order chi connectivity index (χ1) is 5.15. The molecule has 0 aliphatic heterocycles. The number of hydrogen-bond acceptors (Lipinski definition) is 4. The lowest BCUT2D eigenvalue weighted by Crippen LogP contribution is -1.92. The number of carbonyl (C=O) groups excluding carboxylic acids is 1. The van der Waals surface area contributed by atoms with E-state index in [0.717, 1.165) is 5.01 Å². The highest BCUT2D eigenvalue weighted by Crippen LogP contribution is 2.24. The van der Waals surface area contributed by atoms with Gasteiger partial charge in [0.1, 0.15) is 4.88 Å². The number of aryl methyl sites for hydroxylation is 1. The Morgan fingerprint density at radius 2 is 2.27 bits per heavy atom. The normalized spacial score (nSPS) is 9.73. The summed E-state index contributed by atoms with van der Waals surface area (Å²) in [4.78, 5) is 15.6. The number of thiazole rings is 1. The van der Waals surface area contributed by atoms with Gasteiger partial charge in [-0.1, -0.05) is 0 Å². The second-order valence-corrected chi connectivity index (χ2v) is 3.33. The minimum absolute atomic E-state index is 0.00690. The third-order valence-electron chi connectivity index (χ3n) is 1.22. The fourth-order valence-electron chi connectivity index (χ4n) is 0.769. The molecule has 60 valence electrons. The van der Waals surface area contributed by atoms with Crippen molar-refractivity contribution in [3.05, 3.63) is 9.88 Å². The minimum Gasteiger partial charge on any atom is -0.480 e. The predicted octanol–water partition coefficient (Wildman–Crippen LogP) is 1.66. The van der Waals surface area contributed by atoms with E-state index in [4.69, 9.17) is 4.74 Å². The van der Waals surface area contributed by atoms with Crippen LogP contribution in [0.4, 0.5) is 0 Å². The molecule has 1 heterocycles. The molecule has 0 bridgehead atoms. The van der Waals surface area contributed by atoms with Crippen molar-refractivity contribution in [2.24, 2.45) is 0 Å². The van der Waals surface area contributed by atoms with Crippen LogP contribution in [-0.4, -0.2) is 17.9 Å². The zero-order chi connectivity index (χ0) is 8.43. The third-order valence-corrected chi connectivity index (χ3v) is 2.27. The maximum Gasteiger partial charge on any atom is 0.235 e. The largest absolute Gasteiger partial charge is 0.480 e. The summed E-state index contributed by atoms with van der Waals surface area (Å²) < 4.78 is 4.91. The lowest BCUT2D eigenvalue weighted by Gasteiger charge is -1.93. The van der Waals surface area contributed by atoms with Gasteiger partial charge in [-0.3, -0.25) is 4.79 Å². The number of Topliss-reactive ketones (excluding diaryl/α,β-unsaturated/α-hetero) is 1. The lowest BCUT2D eigenvalue weighted by atomic mass is 10.4. The maximum absolute atomic E-state index is 10.9. The Labute approximate surface area is 69.0 Å². The van der Waals surface area contributed by atoms with Crippen LogP contribution in [0.1, 0.15) is 21.6 Å². The van der Waals surface area contributed by atoms with Crippen LogP contribution in [-0.2, 0) is 0 Å². The molecule has 0 radical (unpaired) electrons. The molecule has 0 amide bonds. The van der Waals surface area contributed by atoms with Crippen molar-refractivity contribution in [3.8, 4) is 5.88 Å². The van der Waals surface area contributed by atoms with Gasteiger partial charge < -0.3 is 4.74 Å². The van der Waals surface area contributed by atoms with E-state index in [9.17, 15) is 4.79 Å². The second kappa shape index (κ2) is 3.00. The summed E-state index contributed by atoms with van der Waals surface area (Å²) in [5.41, 5.74) is 0. The van der Waals surface area contributed by atoms with E-state index in [1.165, 1.54) is 25.4 Å². The molecule has 3 nitrogen and oxygen atoms in total. The number of methoxy groups -OCH3 is 1. The van der Waals surface area contributed by atoms with Crippen molar-refractivity contribution >= 4 is 17.1 Å². The Morgan fingerprint density at radius 1 is 1.64 bits per heavy atom. The Morgan fingerprint density at radius 3 is 2.64 bits per heavy atom. The van der Waals surface area contributed by atoms with Gasteiger partial charge in [0.05, 0.1) is 12.1 Å². The molecular formula is C7H9NO2S. The van der Waals surface area contributed by atoms with Gasteiger partial charge in [-0.05, 0) is 6.92 Å². The Kier molecular flexibility index (Phi) is 2.24. The van der Waals surface area contributed by atoms with E-state index in [0.29, 0.717) is 10.8 Å². The molecule has 11 heavy (non-hydrogen) atoms. The van der Waals surface area contributed by atoms with Crippen molar-refractivity contribution in [1.82, 2.24) is 4.98 Å². The van der Waals surface area contributed by atoms with Gasteiger partial charge in [-0.2, -0.15) is 0 Å². The molecule has 0 unspecified atom stereocenters. The van der Waals surface area contributed by atoms with E-state index in [1.54, 1.807) is 0 Å². The first kappa shape index (κ1) is 8.20. The summed E-state index contributed by atoms with van der Waals surface area (Å²) >= 11 is 1.36. The fourth-order valence-corrected chi connectivity index (χ4v) is 1.55. The highest BCUT2D eigenvalue weighted by atomic mass is 32.1. The van der Waals surface area contributed by atoms with Gasteiger partial charge in [0.25, 0.3) is 0 Å². The van der Waals surface area contributed by atoms with Crippen LogP contribution in [0.5, 0.6) is 5.88 Å². The van der Waals surface area contributed by atoms with Crippen LogP contribution in [0.2, 0.25) is 0 Å². The van der Waals surface area contributed by atoms with Crippen molar-refractivity contribution < 1.29 is 9.53 Å². The summed E-state index contributed by atoms with van der Waals surface area (Å²) in [6.07, 6.45) is 0. The second-order valence-electron chi connectivity index (χ2n) is 2.13. The smallest absolute Gasteiger partial charge is 0.235 e. The third kappa shape index (κ3) is 1.57. The van der Waals surface area contributed by atoms with Crippen LogP contribution >= 0.6 is 11.3 Å². The monoisotopic (exact) mass is 171 g/mol. The summed E-state index contributed by atoms with van der Waals surface area (Å²) in [5.74, 6) is 0.451. The van der Waals surface area contributed by atoms with Crippen molar-refractivity contribution in [3.63, 3.8) is 0 Å². The van der Waals surface area contributed by atoms with Gasteiger partial charge in [-0.25, -0.2) is 4.98 Å². The maximum atomic E-state index is 10.9. The molecule has 4 heteroatoms. The van der Waals surface area contributed by atoms with Crippen molar-refractivity contribution in [2.75, 3.05) is 7.11 Å². The molecule has 1 aromatic rings. The number of aromatic nitrogens is 1. The van der Waals surface area contributed by atoms with Crippen molar-refractivity contribution in [1.29, 1.82) is 0 Å². The summed E-state index contributed by atoms with van der Waals surface area (Å²) in [5, 5.41) is 0.854. The van der Waals surface area contributed by atoms with Crippen LogP contribution < -0.4 is 4.74 Å². The molecular weight excluding hydrogens is 162 g/mol. The molecule has 1 rings (SSSR count). The average Bonchev–Trinajstić information content (AvgIpc) is 2.30. The zero-order valence-corrected chi connectivity index (χ0v) is 7.49. The number of hydrogen-bond donors (Lipinski definition) is 0. The molecule has 0 saturated heterocycles. The van der Waals surface area contributed by atoms with Crippen LogP contribution in [0, 0.1) is 6.92 Å². The number of ketones is 1. The number of nitrogens with zero attached hydrogens (tertiary/aromatic N) is 1. The molecule has 0 aliphatic rings. The van der Waals surface area contributed by atoms with Gasteiger partial charge in [0.15, 0.2) is 5.78 Å². The van der Waals surface area contributed by atoms with Gasteiger partial charge in [-0.15, -0.1) is 11.3 Å². The molecule has 0 atom stereocenters. The quantitative estimate of drug-likeness (QED) is 0.635. The molecule has 0 spiro atoms. The summed E-state index contributed by atoms with van der Waals surface area (Å²) in [6, 6.07) is 0. The minimum atomic E-state index is 0.00690. The van der Waals surface area contributed by atoms with Gasteiger partial charge >= 0.3 is 0 Å². The van der Waals surface area contributed by atoms with Crippen molar-refractivity contribution in [2.45, 2.75) is 13.8 Å². The van der Waals surface area contributed by atoms with E-state index >= 15 is 0 Å². The number of carbonyl (C=O) groups is 1. The summed E-state index contributed by atoms with van der Waals surface area (Å²) in [6.45, 7) is 3.36.